The second-order valence-electron chi connectivity index (χ2n) is 26.8. The lowest BCUT2D eigenvalue weighted by Gasteiger charge is -2.21. The van der Waals surface area contributed by atoms with Gasteiger partial charge in [-0.3, -0.25) is 37.3 Å². The summed E-state index contributed by atoms with van der Waals surface area (Å²) in [5, 5.41) is 10.6. The molecule has 0 aliphatic rings. The summed E-state index contributed by atoms with van der Waals surface area (Å²) in [7, 11) is -9.90. The third-order valence-corrected chi connectivity index (χ3v) is 18.9. The minimum atomic E-state index is -4.95. The first kappa shape index (κ1) is 90.1. The molecule has 3 N–H and O–H groups in total. The summed E-state index contributed by atoms with van der Waals surface area (Å²) in [4.78, 5) is 72.6. The molecule has 2 unspecified atom stereocenters. The Labute approximate surface area is 562 Å². The van der Waals surface area contributed by atoms with Crippen LogP contribution < -0.4 is 0 Å². The summed E-state index contributed by atoms with van der Waals surface area (Å²) in [6.07, 6.45) is 54.1. The van der Waals surface area contributed by atoms with Crippen LogP contribution in [0, 0.1) is 5.92 Å². The molecule has 0 aliphatic carbocycles. The zero-order valence-electron chi connectivity index (χ0n) is 59.7. The minimum Gasteiger partial charge on any atom is -0.462 e. The van der Waals surface area contributed by atoms with Crippen LogP contribution in [-0.4, -0.2) is 96.7 Å². The SMILES string of the molecule is CCCCCCCCCCCCCCCCCCCCCC(=O)O[C@H](COC(=O)CCCCCCCCCCCC(C)C)COP(=O)(O)OC[C@@H](O)COP(=O)(O)OC[C@@H](COC(=O)CCCCCCCCCCC)OC(=O)CCCCCCCCCCCCCC. The van der Waals surface area contributed by atoms with Crippen molar-refractivity contribution in [1.82, 2.24) is 0 Å². The Morgan fingerprint density at radius 3 is 0.739 bits per heavy atom. The number of esters is 4. The lowest BCUT2D eigenvalue weighted by atomic mass is 10.0. The molecule has 0 amide bonds. The number of rotatable bonds is 73. The van der Waals surface area contributed by atoms with Gasteiger partial charge in [-0.15, -0.1) is 0 Å². The molecule has 0 bridgehead atoms. The van der Waals surface area contributed by atoms with E-state index in [1.807, 2.05) is 0 Å². The zero-order chi connectivity index (χ0) is 67.7. The molecule has 0 aromatic rings. The van der Waals surface area contributed by atoms with Crippen molar-refractivity contribution in [2.45, 2.75) is 400 Å². The summed E-state index contributed by atoms with van der Waals surface area (Å²) < 4.78 is 68.4. The van der Waals surface area contributed by atoms with Crippen LogP contribution in [-0.2, 0) is 65.4 Å². The minimum absolute atomic E-state index is 0.107. The van der Waals surface area contributed by atoms with Gasteiger partial charge in [0.15, 0.2) is 12.2 Å². The molecular formula is C73H142O17P2. The lowest BCUT2D eigenvalue weighted by molar-refractivity contribution is -0.161. The maximum atomic E-state index is 13.0. The predicted octanol–water partition coefficient (Wildman–Crippen LogP) is 21.3. The van der Waals surface area contributed by atoms with Gasteiger partial charge in [-0.05, 0) is 31.6 Å². The average molecular weight is 1350 g/mol. The Kier molecular flexibility index (Phi) is 64.9. The average Bonchev–Trinajstić information content (AvgIpc) is 1.78. The molecule has 92 heavy (non-hydrogen) atoms. The van der Waals surface area contributed by atoms with E-state index in [0.717, 1.165) is 95.8 Å². The number of aliphatic hydroxyl groups excluding tert-OH is 1. The number of phosphoric ester groups is 2. The highest BCUT2D eigenvalue weighted by Gasteiger charge is 2.30. The number of aliphatic hydroxyl groups is 1. The Balaban J connectivity index is 5.20. The second-order valence-corrected chi connectivity index (χ2v) is 29.7. The molecule has 19 heteroatoms. The topological polar surface area (TPSA) is 237 Å². The third-order valence-electron chi connectivity index (χ3n) is 17.0. The number of unbranched alkanes of at least 4 members (excludes halogenated alkanes) is 45. The molecule has 0 radical (unpaired) electrons. The monoisotopic (exact) mass is 1350 g/mol. The van der Waals surface area contributed by atoms with E-state index >= 15 is 0 Å². The Morgan fingerprint density at radius 2 is 0.500 bits per heavy atom. The van der Waals surface area contributed by atoms with Crippen molar-refractivity contribution < 1.29 is 80.2 Å². The summed E-state index contributed by atoms with van der Waals surface area (Å²) in [5.41, 5.74) is 0. The standard InChI is InChI=1S/C73H142O17P2/c1-6-9-12-15-18-21-23-25-26-27-28-29-30-31-33-38-44-49-54-59-73(78)90-69(63-84-71(76)57-52-47-42-39-34-36-40-45-50-55-66(4)5)65-88-92(81,82)86-61-67(74)60-85-91(79,80)87-64-68(62-83-70(75)56-51-46-41-35-20-17-14-11-8-3)89-72(77)58-53-48-43-37-32-24-22-19-16-13-10-7-2/h66-69,74H,6-65H2,1-5H3,(H,79,80)(H,81,82)/t67-,68+,69+/m0/s1. The fraction of sp³-hybridized carbons (Fsp3) is 0.945. The third kappa shape index (κ3) is 66.7. The van der Waals surface area contributed by atoms with Crippen LogP contribution in [0.25, 0.3) is 0 Å². The highest BCUT2D eigenvalue weighted by atomic mass is 31.2. The summed E-state index contributed by atoms with van der Waals surface area (Å²) in [6.45, 7) is 7.24. The van der Waals surface area contributed by atoms with E-state index in [4.69, 9.17) is 37.0 Å². The molecule has 0 spiro atoms. The Bertz CT molecular complexity index is 1770. The van der Waals surface area contributed by atoms with Gasteiger partial charge in [0.2, 0.25) is 0 Å². The molecule has 0 heterocycles. The number of phosphoric acid groups is 2. The lowest BCUT2D eigenvalue weighted by Crippen LogP contribution is -2.30. The maximum Gasteiger partial charge on any atom is 0.472 e. The number of ether oxygens (including phenoxy) is 4. The predicted molar refractivity (Wildman–Crippen MR) is 372 cm³/mol. The quantitative estimate of drug-likeness (QED) is 0.0222. The molecule has 17 nitrogen and oxygen atoms in total. The first-order valence-electron chi connectivity index (χ1n) is 38.1. The van der Waals surface area contributed by atoms with Crippen LogP contribution >= 0.6 is 15.6 Å². The molecule has 0 saturated carbocycles. The summed E-state index contributed by atoms with van der Waals surface area (Å²) >= 11 is 0. The van der Waals surface area contributed by atoms with Crippen LogP contribution in [0.2, 0.25) is 0 Å². The van der Waals surface area contributed by atoms with Gasteiger partial charge in [-0.2, -0.15) is 0 Å². The van der Waals surface area contributed by atoms with Gasteiger partial charge in [-0.1, -0.05) is 330 Å². The van der Waals surface area contributed by atoms with E-state index in [1.54, 1.807) is 0 Å². The van der Waals surface area contributed by atoms with Crippen molar-refractivity contribution in [3.05, 3.63) is 0 Å². The number of carbonyl (C=O) groups excluding carboxylic acids is 4. The Hall–Kier alpha value is -1.94. The van der Waals surface area contributed by atoms with Crippen LogP contribution in [0.15, 0.2) is 0 Å². The van der Waals surface area contributed by atoms with Gasteiger partial charge in [-0.25, -0.2) is 9.13 Å². The van der Waals surface area contributed by atoms with Gasteiger partial charge < -0.3 is 33.8 Å². The normalized spacial score (nSPS) is 14.0. The van der Waals surface area contributed by atoms with Gasteiger partial charge >= 0.3 is 39.5 Å². The van der Waals surface area contributed by atoms with Crippen molar-refractivity contribution in [2.24, 2.45) is 5.92 Å². The van der Waals surface area contributed by atoms with E-state index in [0.29, 0.717) is 25.7 Å². The molecule has 0 aliphatic heterocycles. The van der Waals surface area contributed by atoms with Crippen LogP contribution in [0.1, 0.15) is 381 Å². The van der Waals surface area contributed by atoms with E-state index in [1.165, 1.54) is 205 Å². The molecular weight excluding hydrogens is 1210 g/mol. The van der Waals surface area contributed by atoms with Crippen molar-refractivity contribution in [3.8, 4) is 0 Å². The fourth-order valence-electron chi connectivity index (χ4n) is 11.2. The smallest absolute Gasteiger partial charge is 0.462 e. The number of hydrogen-bond acceptors (Lipinski definition) is 15. The maximum absolute atomic E-state index is 13.0. The number of hydrogen-bond donors (Lipinski definition) is 3. The molecule has 5 atom stereocenters. The Morgan fingerprint density at radius 1 is 0.293 bits per heavy atom. The van der Waals surface area contributed by atoms with Gasteiger partial charge in [0, 0.05) is 25.7 Å². The zero-order valence-corrected chi connectivity index (χ0v) is 61.5. The summed E-state index contributed by atoms with van der Waals surface area (Å²) in [6, 6.07) is 0. The highest BCUT2D eigenvalue weighted by Crippen LogP contribution is 2.45. The number of carbonyl (C=O) groups is 4. The molecule has 0 rings (SSSR count). The van der Waals surface area contributed by atoms with Crippen LogP contribution in [0.5, 0.6) is 0 Å². The van der Waals surface area contributed by atoms with Gasteiger partial charge in [0.1, 0.15) is 19.3 Å². The molecule has 0 aromatic heterocycles. The van der Waals surface area contributed by atoms with Crippen LogP contribution in [0.3, 0.4) is 0 Å². The fourth-order valence-corrected chi connectivity index (χ4v) is 12.8. The van der Waals surface area contributed by atoms with Crippen molar-refractivity contribution in [1.29, 1.82) is 0 Å². The molecule has 546 valence electrons. The molecule has 0 saturated heterocycles. The first-order valence-corrected chi connectivity index (χ1v) is 41.1. The van der Waals surface area contributed by atoms with E-state index in [-0.39, 0.29) is 25.7 Å². The first-order chi connectivity index (χ1) is 44.5. The van der Waals surface area contributed by atoms with Crippen molar-refractivity contribution >= 4 is 39.5 Å². The largest absolute Gasteiger partial charge is 0.472 e. The second kappa shape index (κ2) is 66.3. The highest BCUT2D eigenvalue weighted by molar-refractivity contribution is 7.47. The molecule has 0 fully saturated rings. The van der Waals surface area contributed by atoms with Crippen LogP contribution in [0.4, 0.5) is 0 Å². The van der Waals surface area contributed by atoms with Gasteiger partial charge in [0.25, 0.3) is 0 Å². The van der Waals surface area contributed by atoms with Crippen molar-refractivity contribution in [2.75, 3.05) is 39.6 Å². The summed E-state index contributed by atoms with van der Waals surface area (Å²) in [5.74, 6) is -1.37. The van der Waals surface area contributed by atoms with Gasteiger partial charge in [0.05, 0.1) is 26.4 Å². The van der Waals surface area contributed by atoms with E-state index in [2.05, 4.69) is 34.6 Å². The van der Waals surface area contributed by atoms with Crippen molar-refractivity contribution in [3.63, 3.8) is 0 Å². The van der Waals surface area contributed by atoms with E-state index < -0.39 is 97.5 Å². The molecule has 0 aromatic carbocycles. The van der Waals surface area contributed by atoms with E-state index in [9.17, 15) is 43.2 Å².